The van der Waals surface area contributed by atoms with Crippen LogP contribution < -0.4 is 4.90 Å². The minimum absolute atomic E-state index is 0.0158. The van der Waals surface area contributed by atoms with Crippen LogP contribution >= 0.6 is 0 Å². The van der Waals surface area contributed by atoms with Gasteiger partial charge in [0.05, 0.1) is 28.6 Å². The van der Waals surface area contributed by atoms with E-state index in [2.05, 4.69) is 5.10 Å². The largest absolute Gasteiger partial charge is 0.311 e. The summed E-state index contributed by atoms with van der Waals surface area (Å²) in [6.45, 7) is 1.14. The van der Waals surface area contributed by atoms with Crippen molar-refractivity contribution in [3.05, 3.63) is 54.5 Å². The molecular weight excluding hydrogens is 419 g/mol. The molecule has 0 radical (unpaired) electrons. The molecule has 2 saturated heterocycles. The van der Waals surface area contributed by atoms with Gasteiger partial charge < -0.3 is 4.90 Å². The monoisotopic (exact) mass is 440 g/mol. The van der Waals surface area contributed by atoms with E-state index in [1.807, 2.05) is 18.2 Å². The third kappa shape index (κ3) is 2.83. The molecule has 2 aliphatic heterocycles. The first kappa shape index (κ1) is 18.9. The molecule has 3 aliphatic rings. The van der Waals surface area contributed by atoms with Crippen molar-refractivity contribution >= 4 is 32.5 Å². The number of nitrogens with zero attached hydrogens (tertiary/aromatic N) is 4. The minimum Gasteiger partial charge on any atom is -0.311 e. The van der Waals surface area contributed by atoms with Gasteiger partial charge in [0.1, 0.15) is 11.5 Å². The number of fused-ring (bicyclic) bond motifs is 2. The first-order valence-corrected chi connectivity index (χ1v) is 12.0. The Morgan fingerprint density at radius 3 is 2.48 bits per heavy atom. The summed E-state index contributed by atoms with van der Waals surface area (Å²) in [7, 11) is -3.27. The van der Waals surface area contributed by atoms with Crippen LogP contribution in [0.5, 0.6) is 0 Å². The Kier molecular flexibility index (Phi) is 4.04. The second-order valence-electron chi connectivity index (χ2n) is 8.59. The van der Waals surface area contributed by atoms with Crippen LogP contribution in [0.15, 0.2) is 48.7 Å². The fourth-order valence-electron chi connectivity index (χ4n) is 4.91. The normalized spacial score (nSPS) is 24.3. The molecule has 3 heterocycles. The SMILES string of the molecule is O=C1[C@@H]2CN(S(=O)(=O)C3CC3)C[C@@H]2CN1c1cccc2c1cnn2-c1ccccc1F. The van der Waals surface area contributed by atoms with Gasteiger partial charge in [-0.15, -0.1) is 0 Å². The number of sulfonamides is 1. The molecule has 0 bridgehead atoms. The second-order valence-corrected chi connectivity index (χ2v) is 10.8. The number of anilines is 1. The van der Waals surface area contributed by atoms with E-state index in [1.54, 1.807) is 34.0 Å². The molecule has 1 aliphatic carbocycles. The van der Waals surface area contributed by atoms with Crippen molar-refractivity contribution in [1.82, 2.24) is 14.1 Å². The van der Waals surface area contributed by atoms with Crippen LogP contribution in [-0.2, 0) is 14.8 Å². The summed E-state index contributed by atoms with van der Waals surface area (Å²) in [6, 6.07) is 12.0. The number of rotatable bonds is 4. The quantitative estimate of drug-likeness (QED) is 0.625. The third-order valence-electron chi connectivity index (χ3n) is 6.68. The van der Waals surface area contributed by atoms with Crippen LogP contribution in [0.1, 0.15) is 12.8 Å². The average molecular weight is 441 g/mol. The van der Waals surface area contributed by atoms with E-state index in [1.165, 1.54) is 10.4 Å². The van der Waals surface area contributed by atoms with E-state index < -0.39 is 10.0 Å². The van der Waals surface area contributed by atoms with Crippen LogP contribution in [0.25, 0.3) is 16.6 Å². The minimum atomic E-state index is -3.27. The summed E-state index contributed by atoms with van der Waals surface area (Å²) >= 11 is 0. The van der Waals surface area contributed by atoms with Gasteiger partial charge in [-0.05, 0) is 37.1 Å². The van der Waals surface area contributed by atoms with Gasteiger partial charge in [-0.25, -0.2) is 21.8 Å². The average Bonchev–Trinajstić information content (AvgIpc) is 3.29. The number of aromatic nitrogens is 2. The molecule has 0 N–H and O–H groups in total. The zero-order valence-electron chi connectivity index (χ0n) is 16.7. The fraction of sp³-hybridized carbons (Fsp3) is 0.364. The fourth-order valence-corrected chi connectivity index (χ4v) is 6.83. The number of carbonyl (C=O) groups excluding carboxylic acids is 1. The number of benzene rings is 2. The number of hydrogen-bond acceptors (Lipinski definition) is 4. The predicted octanol–water partition coefficient (Wildman–Crippen LogP) is 2.55. The standard InChI is InChI=1S/C22H21FN4O3S/c23-18-4-1-2-5-21(18)27-20-7-3-6-19(16(20)10-24-27)26-12-14-11-25(13-17(14)22(26)28)31(29,30)15-8-9-15/h1-7,10,14-15,17H,8-9,11-13H2/t14-,17-/m1/s1. The molecule has 1 aromatic heterocycles. The van der Waals surface area contributed by atoms with E-state index in [4.69, 9.17) is 0 Å². The summed E-state index contributed by atoms with van der Waals surface area (Å²) < 4.78 is 42.5. The van der Waals surface area contributed by atoms with E-state index in [0.29, 0.717) is 24.3 Å². The van der Waals surface area contributed by atoms with Gasteiger partial charge >= 0.3 is 0 Å². The molecule has 0 spiro atoms. The Hall–Kier alpha value is -2.78. The Morgan fingerprint density at radius 2 is 1.74 bits per heavy atom. The van der Waals surface area contributed by atoms with Gasteiger partial charge in [-0.3, -0.25) is 4.79 Å². The maximum Gasteiger partial charge on any atom is 0.231 e. The first-order valence-electron chi connectivity index (χ1n) is 10.5. The summed E-state index contributed by atoms with van der Waals surface area (Å²) in [5.74, 6) is -0.755. The van der Waals surface area contributed by atoms with Crippen molar-refractivity contribution in [3.8, 4) is 5.69 Å². The van der Waals surface area contributed by atoms with Crippen molar-refractivity contribution in [1.29, 1.82) is 0 Å². The molecule has 7 nitrogen and oxygen atoms in total. The first-order chi connectivity index (χ1) is 14.9. The van der Waals surface area contributed by atoms with Crippen LogP contribution in [-0.4, -0.2) is 53.3 Å². The summed E-state index contributed by atoms with van der Waals surface area (Å²) in [5.41, 5.74) is 1.79. The van der Waals surface area contributed by atoms with Gasteiger partial charge in [0.2, 0.25) is 15.9 Å². The maximum absolute atomic E-state index is 14.3. The lowest BCUT2D eigenvalue weighted by atomic mass is 10.0. The predicted molar refractivity (Wildman–Crippen MR) is 114 cm³/mol. The summed E-state index contributed by atoms with van der Waals surface area (Å²) in [5, 5.41) is 4.89. The van der Waals surface area contributed by atoms with Gasteiger partial charge in [0.15, 0.2) is 0 Å². The molecule has 1 amide bonds. The van der Waals surface area contributed by atoms with Crippen molar-refractivity contribution in [2.75, 3.05) is 24.5 Å². The Morgan fingerprint density at radius 1 is 0.968 bits per heavy atom. The van der Waals surface area contributed by atoms with Crippen LogP contribution in [0.3, 0.4) is 0 Å². The number of hydrogen-bond donors (Lipinski definition) is 0. The number of halogens is 1. The lowest BCUT2D eigenvalue weighted by Crippen LogP contribution is -2.37. The number of carbonyl (C=O) groups is 1. The van der Waals surface area contributed by atoms with E-state index in [-0.39, 0.29) is 35.4 Å². The second kappa shape index (κ2) is 6.61. The summed E-state index contributed by atoms with van der Waals surface area (Å²) in [4.78, 5) is 15.0. The van der Waals surface area contributed by atoms with Gasteiger partial charge in [-0.1, -0.05) is 18.2 Å². The number of para-hydroxylation sites is 1. The Bertz CT molecular complexity index is 1320. The zero-order valence-corrected chi connectivity index (χ0v) is 17.5. The summed E-state index contributed by atoms with van der Waals surface area (Å²) in [6.07, 6.45) is 3.10. The Labute approximate surface area is 179 Å². The Balaban J connectivity index is 1.32. The molecule has 1 saturated carbocycles. The molecule has 31 heavy (non-hydrogen) atoms. The molecule has 160 valence electrons. The molecule has 9 heteroatoms. The highest BCUT2D eigenvalue weighted by Gasteiger charge is 2.52. The molecule has 6 rings (SSSR count). The van der Waals surface area contributed by atoms with E-state index in [9.17, 15) is 17.6 Å². The maximum atomic E-state index is 14.3. The van der Waals surface area contributed by atoms with Crippen LogP contribution in [0, 0.1) is 17.7 Å². The molecule has 2 atom stereocenters. The number of amides is 1. The molecule has 3 aromatic rings. The van der Waals surface area contributed by atoms with Gasteiger partial charge in [-0.2, -0.15) is 5.10 Å². The van der Waals surface area contributed by atoms with Crippen molar-refractivity contribution in [2.45, 2.75) is 18.1 Å². The highest BCUT2D eigenvalue weighted by Crippen LogP contribution is 2.41. The highest BCUT2D eigenvalue weighted by molar-refractivity contribution is 7.90. The van der Waals surface area contributed by atoms with Crippen LogP contribution in [0.2, 0.25) is 0 Å². The molecule has 3 fully saturated rings. The van der Waals surface area contributed by atoms with Crippen molar-refractivity contribution < 1.29 is 17.6 Å². The van der Waals surface area contributed by atoms with E-state index in [0.717, 1.165) is 23.9 Å². The topological polar surface area (TPSA) is 75.5 Å². The van der Waals surface area contributed by atoms with Crippen LogP contribution in [0.4, 0.5) is 10.1 Å². The molecule has 2 aromatic carbocycles. The lowest BCUT2D eigenvalue weighted by Gasteiger charge is -2.22. The lowest BCUT2D eigenvalue weighted by molar-refractivity contribution is -0.120. The molecule has 0 unspecified atom stereocenters. The van der Waals surface area contributed by atoms with Crippen molar-refractivity contribution in [2.24, 2.45) is 11.8 Å². The van der Waals surface area contributed by atoms with Gasteiger partial charge in [0, 0.05) is 30.9 Å². The highest BCUT2D eigenvalue weighted by atomic mass is 32.2. The van der Waals surface area contributed by atoms with Gasteiger partial charge in [0.25, 0.3) is 0 Å². The zero-order chi connectivity index (χ0) is 21.3. The third-order valence-corrected chi connectivity index (χ3v) is 9.01. The van der Waals surface area contributed by atoms with E-state index >= 15 is 0 Å². The smallest absolute Gasteiger partial charge is 0.231 e. The van der Waals surface area contributed by atoms with Crippen molar-refractivity contribution in [3.63, 3.8) is 0 Å². The molecular formula is C22H21FN4O3S.